The Morgan fingerprint density at radius 3 is 2.14 bits per heavy atom. The van der Waals surface area contributed by atoms with Crippen molar-refractivity contribution < 1.29 is 15.0 Å². The summed E-state index contributed by atoms with van der Waals surface area (Å²) in [6, 6.07) is 2.61. The Labute approximate surface area is 99.9 Å². The molecule has 1 aromatic carbocycles. The van der Waals surface area contributed by atoms with Crippen LogP contribution in [0, 0.1) is 20.2 Å². The summed E-state index contributed by atoms with van der Waals surface area (Å²) in [5, 5.41) is 29.3. The molecule has 0 aliphatic heterocycles. The van der Waals surface area contributed by atoms with Gasteiger partial charge in [0.15, 0.2) is 5.75 Å². The normalized spacial score (nSPS) is 8.86. The summed E-state index contributed by atoms with van der Waals surface area (Å²) >= 11 is 0. The van der Waals surface area contributed by atoms with E-state index in [-0.39, 0.29) is 29.6 Å². The molecule has 14 heavy (non-hydrogen) atoms. The van der Waals surface area contributed by atoms with Crippen molar-refractivity contribution in [2.75, 3.05) is 0 Å². The van der Waals surface area contributed by atoms with Gasteiger partial charge in [-0.15, -0.1) is 0 Å². The van der Waals surface area contributed by atoms with Crippen molar-refractivity contribution in [3.63, 3.8) is 0 Å². The maximum atomic E-state index is 10.2. The minimum absolute atomic E-state index is 0. The van der Waals surface area contributed by atoms with E-state index in [4.69, 9.17) is 5.11 Å². The van der Waals surface area contributed by atoms with Gasteiger partial charge in [0, 0.05) is 6.07 Å². The van der Waals surface area contributed by atoms with E-state index in [0.29, 0.717) is 6.07 Å². The standard InChI is InChI=1S/C6H4N2O5.Na.H/c9-6-2-1-4(7(10)11)3-5(6)8(12)13;;/h1-3,9H;;. The molecule has 0 spiro atoms. The number of phenols is 1. The third-order valence-electron chi connectivity index (χ3n) is 1.37. The van der Waals surface area contributed by atoms with Gasteiger partial charge in [-0.3, -0.25) is 20.2 Å². The van der Waals surface area contributed by atoms with Gasteiger partial charge in [-0.05, 0) is 6.07 Å². The van der Waals surface area contributed by atoms with E-state index >= 15 is 0 Å². The molecule has 0 aromatic heterocycles. The van der Waals surface area contributed by atoms with Crippen molar-refractivity contribution in [1.82, 2.24) is 0 Å². The predicted octanol–water partition coefficient (Wildman–Crippen LogP) is 0.560. The minimum atomic E-state index is -0.887. The second kappa shape index (κ2) is 4.89. The Morgan fingerprint density at radius 1 is 1.14 bits per heavy atom. The number of non-ortho nitro benzene ring substituents is 1. The number of rotatable bonds is 2. The van der Waals surface area contributed by atoms with Crippen molar-refractivity contribution in [3.05, 3.63) is 38.4 Å². The SMILES string of the molecule is O=[N+]([O-])c1ccc(O)c([N+](=O)[O-])c1.[NaH]. The molecule has 7 nitrogen and oxygen atoms in total. The Kier molecular flexibility index (Phi) is 4.48. The molecule has 0 saturated heterocycles. The molecule has 0 unspecified atom stereocenters. The second-order valence-electron chi connectivity index (χ2n) is 2.19. The van der Waals surface area contributed by atoms with Crippen molar-refractivity contribution in [1.29, 1.82) is 0 Å². The first-order chi connectivity index (χ1) is 6.02. The second-order valence-corrected chi connectivity index (χ2v) is 2.19. The van der Waals surface area contributed by atoms with Crippen LogP contribution in [-0.4, -0.2) is 44.5 Å². The Balaban J connectivity index is 0.00000169. The fourth-order valence-electron chi connectivity index (χ4n) is 0.772. The number of hydrogen-bond acceptors (Lipinski definition) is 5. The number of nitro benzene ring substituents is 2. The van der Waals surface area contributed by atoms with Crippen LogP contribution in [0.1, 0.15) is 0 Å². The molecule has 0 atom stereocenters. The molecule has 0 aliphatic rings. The van der Waals surface area contributed by atoms with Crippen LogP contribution in [-0.2, 0) is 0 Å². The van der Waals surface area contributed by atoms with Gasteiger partial charge < -0.3 is 5.11 Å². The average molecular weight is 208 g/mol. The summed E-state index contributed by atoms with van der Waals surface area (Å²) in [5.74, 6) is -0.587. The summed E-state index contributed by atoms with van der Waals surface area (Å²) in [7, 11) is 0. The quantitative estimate of drug-likeness (QED) is 0.434. The van der Waals surface area contributed by atoms with Crippen LogP contribution < -0.4 is 0 Å². The number of nitro groups is 2. The Morgan fingerprint density at radius 2 is 1.71 bits per heavy atom. The Bertz CT molecular complexity index is 380. The van der Waals surface area contributed by atoms with Crippen LogP contribution in [0.4, 0.5) is 11.4 Å². The Hall–Kier alpha value is -1.18. The van der Waals surface area contributed by atoms with Gasteiger partial charge >= 0.3 is 35.2 Å². The summed E-state index contributed by atoms with van der Waals surface area (Å²) in [4.78, 5) is 18.7. The van der Waals surface area contributed by atoms with Gasteiger partial charge in [0.2, 0.25) is 0 Å². The van der Waals surface area contributed by atoms with E-state index in [1.54, 1.807) is 0 Å². The van der Waals surface area contributed by atoms with Crippen LogP contribution in [0.5, 0.6) is 5.75 Å². The van der Waals surface area contributed by atoms with Gasteiger partial charge in [0.05, 0.1) is 15.9 Å². The van der Waals surface area contributed by atoms with E-state index in [2.05, 4.69) is 0 Å². The molecule has 0 fully saturated rings. The fraction of sp³-hybridized carbons (Fsp3) is 0. The number of benzene rings is 1. The topological polar surface area (TPSA) is 107 Å². The van der Waals surface area contributed by atoms with E-state index in [1.165, 1.54) is 0 Å². The van der Waals surface area contributed by atoms with E-state index in [1.807, 2.05) is 0 Å². The fourth-order valence-corrected chi connectivity index (χ4v) is 0.772. The van der Waals surface area contributed by atoms with Crippen LogP contribution in [0.15, 0.2) is 18.2 Å². The first-order valence-corrected chi connectivity index (χ1v) is 3.14. The zero-order valence-corrected chi connectivity index (χ0v) is 6.21. The van der Waals surface area contributed by atoms with Crippen LogP contribution >= 0.6 is 0 Å². The number of aromatic hydroxyl groups is 1. The summed E-state index contributed by atoms with van der Waals surface area (Å²) in [5.41, 5.74) is -1.10. The van der Waals surface area contributed by atoms with Gasteiger partial charge in [-0.25, -0.2) is 0 Å². The number of hydrogen-bond donors (Lipinski definition) is 1. The summed E-state index contributed by atoms with van der Waals surface area (Å²) < 4.78 is 0. The molecule has 0 saturated carbocycles. The molecule has 0 aliphatic carbocycles. The van der Waals surface area contributed by atoms with Crippen LogP contribution in [0.2, 0.25) is 0 Å². The van der Waals surface area contributed by atoms with Crippen molar-refractivity contribution in [2.24, 2.45) is 0 Å². The summed E-state index contributed by atoms with van der Waals surface area (Å²) in [6.07, 6.45) is 0. The first kappa shape index (κ1) is 12.8. The van der Waals surface area contributed by atoms with E-state index in [0.717, 1.165) is 12.1 Å². The van der Waals surface area contributed by atoms with Crippen LogP contribution in [0.25, 0.3) is 0 Å². The third-order valence-corrected chi connectivity index (χ3v) is 1.37. The average Bonchev–Trinajstić information content (AvgIpc) is 2.04. The molecule has 1 rings (SSSR count). The van der Waals surface area contributed by atoms with Gasteiger partial charge in [0.1, 0.15) is 0 Å². The van der Waals surface area contributed by atoms with Gasteiger partial charge in [0.25, 0.3) is 5.69 Å². The van der Waals surface area contributed by atoms with Crippen molar-refractivity contribution in [3.8, 4) is 5.75 Å². The first-order valence-electron chi connectivity index (χ1n) is 3.14. The molecule has 1 N–H and O–H groups in total. The molecular weight excluding hydrogens is 203 g/mol. The van der Waals surface area contributed by atoms with Gasteiger partial charge in [-0.1, -0.05) is 0 Å². The third kappa shape index (κ3) is 2.66. The molecule has 0 bridgehead atoms. The molecule has 0 radical (unpaired) electrons. The van der Waals surface area contributed by atoms with Crippen molar-refractivity contribution >= 4 is 40.9 Å². The van der Waals surface area contributed by atoms with E-state index in [9.17, 15) is 20.2 Å². The molecule has 70 valence electrons. The molecular formula is C6H5N2NaO5. The number of nitrogens with zero attached hydrogens (tertiary/aromatic N) is 2. The molecule has 0 amide bonds. The zero-order chi connectivity index (χ0) is 10.0. The predicted molar refractivity (Wildman–Crippen MR) is 48.6 cm³/mol. The summed E-state index contributed by atoms with van der Waals surface area (Å²) in [6.45, 7) is 0. The van der Waals surface area contributed by atoms with E-state index < -0.39 is 27.0 Å². The van der Waals surface area contributed by atoms with Crippen molar-refractivity contribution in [2.45, 2.75) is 0 Å². The number of phenolic OH excluding ortho intramolecular Hbond substituents is 1. The van der Waals surface area contributed by atoms with Crippen LogP contribution in [0.3, 0.4) is 0 Å². The monoisotopic (exact) mass is 208 g/mol. The maximum absolute atomic E-state index is 10.2. The molecule has 8 heteroatoms. The van der Waals surface area contributed by atoms with Gasteiger partial charge in [-0.2, -0.15) is 0 Å². The molecule has 1 aromatic rings. The molecule has 0 heterocycles. The zero-order valence-electron chi connectivity index (χ0n) is 6.21.